The number of nitrogens with one attached hydrogen (secondary N) is 1. The molecule has 16 heteroatoms. The first-order valence-electron chi connectivity index (χ1n) is 12.5. The molecule has 2 aromatic heterocycles. The second kappa shape index (κ2) is 11.7. The topological polar surface area (TPSA) is 186 Å². The minimum absolute atomic E-state index is 0.00154. The molecule has 2 N–H and O–H groups in total. The van der Waals surface area contributed by atoms with E-state index in [2.05, 4.69) is 26.0 Å². The van der Waals surface area contributed by atoms with Gasteiger partial charge >= 0.3 is 0 Å². The number of nitrogens with zero attached hydrogens (tertiary/aromatic N) is 7. The summed E-state index contributed by atoms with van der Waals surface area (Å²) in [5.74, 6) is -0.716. The third kappa shape index (κ3) is 5.97. The fraction of sp³-hybridized carbons (Fsp3) is 0.500. The number of aliphatic hydroxyl groups excluding tert-OH is 1. The number of anilines is 1. The molecule has 3 aromatic rings. The van der Waals surface area contributed by atoms with Crippen LogP contribution in [-0.2, 0) is 21.4 Å². The number of ether oxygens (including phenoxy) is 1. The number of aliphatic hydroxyl groups is 1. The van der Waals surface area contributed by atoms with E-state index < -0.39 is 34.0 Å². The second-order valence-corrected chi connectivity index (χ2v) is 11.8. The number of carbonyl (C=O) groups is 2. The number of aryl methyl sites for hydroxylation is 2. The number of hydrogen-bond donors (Lipinski definition) is 2. The Morgan fingerprint density at radius 2 is 2.08 bits per heavy atom. The van der Waals surface area contributed by atoms with Gasteiger partial charge in [-0.3, -0.25) is 9.59 Å². The number of fused-ring (bicyclic) bond motifs is 1. The van der Waals surface area contributed by atoms with Gasteiger partial charge in [-0.1, -0.05) is 12.1 Å². The first kappa shape index (κ1) is 29.1. The highest BCUT2D eigenvalue weighted by molar-refractivity contribution is 7.89. The monoisotopic (exact) mass is 576 g/mol. The van der Waals surface area contributed by atoms with Gasteiger partial charge in [0.25, 0.3) is 5.91 Å². The van der Waals surface area contributed by atoms with Crippen molar-refractivity contribution in [2.75, 3.05) is 32.1 Å². The zero-order valence-electron chi connectivity index (χ0n) is 22.8. The highest BCUT2D eigenvalue weighted by Gasteiger charge is 2.36. The number of sulfonamides is 1. The molecule has 0 saturated carbocycles. The van der Waals surface area contributed by atoms with Gasteiger partial charge < -0.3 is 24.6 Å². The number of aromatic nitrogens is 5. The molecule has 1 aliphatic heterocycles. The van der Waals surface area contributed by atoms with Crippen molar-refractivity contribution in [3.05, 3.63) is 41.5 Å². The van der Waals surface area contributed by atoms with Crippen molar-refractivity contribution in [1.82, 2.24) is 34.6 Å². The highest BCUT2D eigenvalue weighted by atomic mass is 32.2. The maximum atomic E-state index is 13.6. The molecule has 3 atom stereocenters. The van der Waals surface area contributed by atoms with Crippen LogP contribution in [0.15, 0.2) is 33.9 Å². The maximum absolute atomic E-state index is 13.6. The predicted octanol–water partition coefficient (Wildman–Crippen LogP) is 0.457. The fourth-order valence-corrected chi connectivity index (χ4v) is 5.93. The minimum atomic E-state index is -3.95. The van der Waals surface area contributed by atoms with Gasteiger partial charge in [0, 0.05) is 25.2 Å². The molecular weight excluding hydrogens is 544 g/mol. The van der Waals surface area contributed by atoms with Gasteiger partial charge in [-0.05, 0) is 49.4 Å². The lowest BCUT2D eigenvalue weighted by molar-refractivity contribution is -0.116. The van der Waals surface area contributed by atoms with Gasteiger partial charge in [0.05, 0.1) is 24.8 Å². The molecule has 3 heterocycles. The van der Waals surface area contributed by atoms with Crippen LogP contribution < -0.4 is 10.1 Å². The summed E-state index contributed by atoms with van der Waals surface area (Å²) in [7, 11) is -2.51. The molecule has 0 radical (unpaired) electrons. The van der Waals surface area contributed by atoms with Crippen LogP contribution in [0.25, 0.3) is 0 Å². The van der Waals surface area contributed by atoms with E-state index in [4.69, 9.17) is 9.26 Å². The van der Waals surface area contributed by atoms with Crippen molar-refractivity contribution in [3.8, 4) is 5.75 Å². The van der Waals surface area contributed by atoms with Gasteiger partial charge in [-0.25, -0.2) is 13.1 Å². The Hall–Kier alpha value is -3.89. The standard InChI is InChI=1S/C24H32N8O7S/c1-14-9-32(15(2)12-33)24(35)19-8-18(26-22(34)11-31-13-25-28-29-31)6-7-20(19)38-21(14)10-30(5)40(36,37)23-16(3)27-39-17(23)4/h6-8,13-15,21,33H,9-12H2,1-5H3,(H,26,34)/t14-,15-,21-/m0/s1. The van der Waals surface area contributed by atoms with Crippen molar-refractivity contribution >= 4 is 27.5 Å². The summed E-state index contributed by atoms with van der Waals surface area (Å²) in [6.45, 7) is 6.41. The molecule has 0 aliphatic carbocycles. The highest BCUT2D eigenvalue weighted by Crippen LogP contribution is 2.31. The quantitative estimate of drug-likeness (QED) is 0.360. The van der Waals surface area contributed by atoms with Crippen LogP contribution in [0.2, 0.25) is 0 Å². The minimum Gasteiger partial charge on any atom is -0.488 e. The average Bonchev–Trinajstić information content (AvgIpc) is 3.54. The summed E-state index contributed by atoms with van der Waals surface area (Å²) >= 11 is 0. The summed E-state index contributed by atoms with van der Waals surface area (Å²) < 4.78 is 40.5. The molecule has 1 aliphatic rings. The van der Waals surface area contributed by atoms with Crippen molar-refractivity contribution in [3.63, 3.8) is 0 Å². The Labute approximate surface area is 231 Å². The Balaban J connectivity index is 1.64. The third-order valence-corrected chi connectivity index (χ3v) is 8.79. The number of hydrogen-bond acceptors (Lipinski definition) is 11. The number of rotatable bonds is 9. The van der Waals surface area contributed by atoms with E-state index in [0.29, 0.717) is 5.69 Å². The van der Waals surface area contributed by atoms with Gasteiger partial charge in [0.2, 0.25) is 15.9 Å². The zero-order valence-corrected chi connectivity index (χ0v) is 23.6. The fourth-order valence-electron chi connectivity index (χ4n) is 4.47. The molecule has 0 fully saturated rings. The Kier molecular flexibility index (Phi) is 8.51. The molecule has 4 rings (SSSR count). The lowest BCUT2D eigenvalue weighted by Crippen LogP contribution is -2.50. The first-order chi connectivity index (χ1) is 18.9. The molecule has 0 saturated heterocycles. The molecule has 0 bridgehead atoms. The summed E-state index contributed by atoms with van der Waals surface area (Å²) in [5, 5.41) is 27.0. The molecule has 0 unspecified atom stereocenters. The molecular formula is C24H32N8O7S. The number of carbonyl (C=O) groups excluding carboxylic acids is 2. The summed E-state index contributed by atoms with van der Waals surface area (Å²) in [6.07, 6.45) is 0.635. The molecule has 1 aromatic carbocycles. The molecule has 0 spiro atoms. The van der Waals surface area contributed by atoms with Crippen LogP contribution in [0.4, 0.5) is 5.69 Å². The van der Waals surface area contributed by atoms with Crippen molar-refractivity contribution < 1.29 is 32.4 Å². The Morgan fingerprint density at radius 3 is 2.70 bits per heavy atom. The van der Waals surface area contributed by atoms with E-state index in [9.17, 15) is 23.1 Å². The van der Waals surface area contributed by atoms with E-state index in [-0.39, 0.29) is 59.8 Å². The lowest BCUT2D eigenvalue weighted by Gasteiger charge is -2.38. The largest absolute Gasteiger partial charge is 0.488 e. The van der Waals surface area contributed by atoms with Crippen LogP contribution in [0.5, 0.6) is 5.75 Å². The lowest BCUT2D eigenvalue weighted by atomic mass is 9.99. The van der Waals surface area contributed by atoms with Crippen LogP contribution in [0.1, 0.15) is 35.7 Å². The van der Waals surface area contributed by atoms with Crippen molar-refractivity contribution in [1.29, 1.82) is 0 Å². The summed E-state index contributed by atoms with van der Waals surface area (Å²) in [5.41, 5.74) is 0.756. The SMILES string of the molecule is Cc1noc(C)c1S(=O)(=O)N(C)C[C@@H]1Oc2ccc(NC(=O)Cn3cnnn3)cc2C(=O)N([C@@H](C)CO)C[C@@H]1C. The summed E-state index contributed by atoms with van der Waals surface area (Å²) in [6, 6.07) is 4.10. The van der Waals surface area contributed by atoms with Crippen LogP contribution >= 0.6 is 0 Å². The smallest absolute Gasteiger partial charge is 0.258 e. The molecule has 2 amide bonds. The molecule has 15 nitrogen and oxygen atoms in total. The van der Waals surface area contributed by atoms with Crippen LogP contribution in [0.3, 0.4) is 0 Å². The Bertz CT molecular complexity index is 1450. The number of likely N-dealkylation sites (N-methyl/N-ethyl adjacent to an activating group) is 1. The van der Waals surface area contributed by atoms with E-state index in [1.807, 2.05) is 6.92 Å². The first-order valence-corrected chi connectivity index (χ1v) is 14.0. The van der Waals surface area contributed by atoms with Gasteiger partial charge in [-0.2, -0.15) is 4.31 Å². The van der Waals surface area contributed by atoms with Crippen molar-refractivity contribution in [2.45, 2.75) is 51.3 Å². The number of benzene rings is 1. The van der Waals surface area contributed by atoms with E-state index in [1.165, 1.54) is 40.3 Å². The normalized spacial score (nSPS) is 18.6. The van der Waals surface area contributed by atoms with E-state index in [1.54, 1.807) is 26.0 Å². The predicted molar refractivity (Wildman–Crippen MR) is 140 cm³/mol. The maximum Gasteiger partial charge on any atom is 0.258 e. The van der Waals surface area contributed by atoms with Crippen LogP contribution in [-0.4, -0.2) is 98.8 Å². The second-order valence-electron chi connectivity index (χ2n) is 9.83. The number of tetrazole rings is 1. The van der Waals surface area contributed by atoms with Crippen LogP contribution in [0, 0.1) is 19.8 Å². The number of amides is 2. The van der Waals surface area contributed by atoms with Gasteiger partial charge in [0.1, 0.15) is 35.3 Å². The van der Waals surface area contributed by atoms with E-state index in [0.717, 1.165) is 0 Å². The average molecular weight is 577 g/mol. The third-order valence-electron chi connectivity index (χ3n) is 6.72. The van der Waals surface area contributed by atoms with E-state index >= 15 is 0 Å². The van der Waals surface area contributed by atoms with Crippen molar-refractivity contribution in [2.24, 2.45) is 5.92 Å². The Morgan fingerprint density at radius 1 is 1.32 bits per heavy atom. The summed E-state index contributed by atoms with van der Waals surface area (Å²) in [4.78, 5) is 27.6. The van der Waals surface area contributed by atoms with Gasteiger partial charge in [0.15, 0.2) is 5.76 Å². The molecule has 40 heavy (non-hydrogen) atoms. The zero-order chi connectivity index (χ0) is 29.2. The molecule has 216 valence electrons. The van der Waals surface area contributed by atoms with Gasteiger partial charge in [-0.15, -0.1) is 5.10 Å².